The first kappa shape index (κ1) is 13.6. The van der Waals surface area contributed by atoms with E-state index in [2.05, 4.69) is 0 Å². The van der Waals surface area contributed by atoms with E-state index in [1.54, 1.807) is 24.3 Å². The van der Waals surface area contributed by atoms with Gasteiger partial charge in [0.15, 0.2) is 0 Å². The minimum Gasteiger partial charge on any atom is -0.506 e. The number of rotatable bonds is 1. The number of benzene rings is 2. The van der Waals surface area contributed by atoms with Crippen molar-refractivity contribution in [3.8, 4) is 11.5 Å². The van der Waals surface area contributed by atoms with Crippen molar-refractivity contribution in [1.29, 1.82) is 0 Å². The van der Waals surface area contributed by atoms with Gasteiger partial charge in [-0.1, -0.05) is 29.3 Å². The standard InChI is InChI=1S/C15H13Cl2NO2/c16-9-2-4-14-10(6-9)12(18)7-15(20-14)8-1-3-13(19)11(17)5-8/h1-6,12,15,19H,7,18H2/t12-,15?/m1/s1. The second-order valence-corrected chi connectivity index (χ2v) is 5.69. The van der Waals surface area contributed by atoms with Gasteiger partial charge in [0.1, 0.15) is 17.6 Å². The second-order valence-electron chi connectivity index (χ2n) is 4.84. The monoisotopic (exact) mass is 309 g/mol. The van der Waals surface area contributed by atoms with Crippen molar-refractivity contribution in [2.75, 3.05) is 0 Å². The molecule has 20 heavy (non-hydrogen) atoms. The molecular weight excluding hydrogens is 297 g/mol. The van der Waals surface area contributed by atoms with Crippen molar-refractivity contribution < 1.29 is 9.84 Å². The highest BCUT2D eigenvalue weighted by Gasteiger charge is 2.27. The second kappa shape index (κ2) is 5.17. The van der Waals surface area contributed by atoms with Gasteiger partial charge in [-0.05, 0) is 35.9 Å². The Bertz CT molecular complexity index is 660. The minimum absolute atomic E-state index is 0.0581. The van der Waals surface area contributed by atoms with E-state index in [1.807, 2.05) is 12.1 Å². The van der Waals surface area contributed by atoms with E-state index in [-0.39, 0.29) is 17.9 Å². The van der Waals surface area contributed by atoms with Crippen LogP contribution in [-0.2, 0) is 0 Å². The van der Waals surface area contributed by atoms with Crippen molar-refractivity contribution >= 4 is 23.2 Å². The van der Waals surface area contributed by atoms with E-state index >= 15 is 0 Å². The number of halogens is 2. The van der Waals surface area contributed by atoms with Gasteiger partial charge in [-0.2, -0.15) is 0 Å². The molecule has 1 unspecified atom stereocenters. The molecule has 104 valence electrons. The average Bonchev–Trinajstić information content (AvgIpc) is 2.42. The maximum atomic E-state index is 9.47. The summed E-state index contributed by atoms with van der Waals surface area (Å²) < 4.78 is 5.96. The van der Waals surface area contributed by atoms with Gasteiger partial charge < -0.3 is 15.6 Å². The first-order valence-corrected chi connectivity index (χ1v) is 7.00. The SMILES string of the molecule is N[C@@H]1CC(c2ccc(O)c(Cl)c2)Oc2ccc(Cl)cc21. The van der Waals surface area contributed by atoms with E-state index in [1.165, 1.54) is 0 Å². The largest absolute Gasteiger partial charge is 0.506 e. The summed E-state index contributed by atoms with van der Waals surface area (Å²) in [6.45, 7) is 0. The molecule has 0 saturated heterocycles. The fourth-order valence-corrected chi connectivity index (χ4v) is 2.77. The Morgan fingerprint density at radius 1 is 1.15 bits per heavy atom. The third kappa shape index (κ3) is 2.44. The number of ether oxygens (including phenoxy) is 1. The van der Waals surface area contributed by atoms with Crippen molar-refractivity contribution in [3.05, 3.63) is 57.6 Å². The molecule has 0 aromatic heterocycles. The van der Waals surface area contributed by atoms with Crippen LogP contribution < -0.4 is 10.5 Å². The molecule has 2 aromatic carbocycles. The highest BCUT2D eigenvalue weighted by Crippen LogP contribution is 2.41. The van der Waals surface area contributed by atoms with Crippen LogP contribution >= 0.6 is 23.2 Å². The van der Waals surface area contributed by atoms with Gasteiger partial charge in [-0.3, -0.25) is 0 Å². The first-order chi connectivity index (χ1) is 9.54. The molecule has 1 aliphatic rings. The predicted molar refractivity (Wildman–Crippen MR) is 79.5 cm³/mol. The summed E-state index contributed by atoms with van der Waals surface area (Å²) in [7, 11) is 0. The molecule has 0 radical (unpaired) electrons. The van der Waals surface area contributed by atoms with Crippen LogP contribution in [0.25, 0.3) is 0 Å². The summed E-state index contributed by atoms with van der Waals surface area (Å²) in [6, 6.07) is 10.3. The Morgan fingerprint density at radius 3 is 2.70 bits per heavy atom. The van der Waals surface area contributed by atoms with E-state index in [0.717, 1.165) is 16.9 Å². The summed E-state index contributed by atoms with van der Waals surface area (Å²) in [5.74, 6) is 0.796. The molecule has 3 N–H and O–H groups in total. The molecule has 3 rings (SSSR count). The van der Waals surface area contributed by atoms with Gasteiger partial charge in [0, 0.05) is 23.0 Å². The maximum absolute atomic E-state index is 9.47. The number of aromatic hydroxyl groups is 1. The van der Waals surface area contributed by atoms with E-state index < -0.39 is 0 Å². The molecule has 0 fully saturated rings. The van der Waals surface area contributed by atoms with Gasteiger partial charge in [-0.25, -0.2) is 0 Å². The molecule has 1 heterocycles. The summed E-state index contributed by atoms with van der Waals surface area (Å²) in [5, 5.41) is 10.4. The van der Waals surface area contributed by atoms with Gasteiger partial charge in [0.25, 0.3) is 0 Å². The molecule has 0 spiro atoms. The number of phenols is 1. The summed E-state index contributed by atoms with van der Waals surface area (Å²) >= 11 is 11.9. The van der Waals surface area contributed by atoms with E-state index in [4.69, 9.17) is 33.7 Å². The van der Waals surface area contributed by atoms with Crippen LogP contribution in [0.1, 0.15) is 29.7 Å². The van der Waals surface area contributed by atoms with Crippen molar-refractivity contribution in [3.63, 3.8) is 0 Å². The molecule has 5 heteroatoms. The molecular formula is C15H13Cl2NO2. The molecule has 2 aromatic rings. The number of nitrogens with two attached hydrogens (primary N) is 1. The summed E-state index contributed by atoms with van der Waals surface area (Å²) in [5.41, 5.74) is 8.00. The lowest BCUT2D eigenvalue weighted by Gasteiger charge is -2.30. The molecule has 0 saturated carbocycles. The molecule has 3 nitrogen and oxygen atoms in total. The Balaban J connectivity index is 1.94. The zero-order valence-corrected chi connectivity index (χ0v) is 12.0. The Hall–Kier alpha value is -1.42. The molecule has 0 aliphatic carbocycles. The number of hydrogen-bond donors (Lipinski definition) is 2. The normalized spacial score (nSPS) is 21.1. The van der Waals surface area contributed by atoms with Crippen LogP contribution in [0, 0.1) is 0 Å². The number of fused-ring (bicyclic) bond motifs is 1. The quantitative estimate of drug-likeness (QED) is 0.829. The smallest absolute Gasteiger partial charge is 0.134 e. The fourth-order valence-electron chi connectivity index (χ4n) is 2.40. The summed E-state index contributed by atoms with van der Waals surface area (Å²) in [4.78, 5) is 0. The third-order valence-electron chi connectivity index (χ3n) is 3.45. The van der Waals surface area contributed by atoms with Crippen LogP contribution in [0.2, 0.25) is 10.0 Å². The zero-order valence-electron chi connectivity index (χ0n) is 10.5. The topological polar surface area (TPSA) is 55.5 Å². The highest BCUT2D eigenvalue weighted by atomic mass is 35.5. The molecule has 1 aliphatic heterocycles. The molecule has 0 amide bonds. The molecule has 0 bridgehead atoms. The van der Waals surface area contributed by atoms with Crippen LogP contribution in [0.4, 0.5) is 0 Å². The highest BCUT2D eigenvalue weighted by molar-refractivity contribution is 6.32. The lowest BCUT2D eigenvalue weighted by atomic mass is 9.93. The summed E-state index contributed by atoms with van der Waals surface area (Å²) in [6.07, 6.45) is 0.450. The maximum Gasteiger partial charge on any atom is 0.134 e. The van der Waals surface area contributed by atoms with E-state index in [0.29, 0.717) is 16.5 Å². The Labute approximate surface area is 126 Å². The zero-order chi connectivity index (χ0) is 14.3. The number of phenolic OH excluding ortho intramolecular Hbond substituents is 1. The van der Waals surface area contributed by atoms with E-state index in [9.17, 15) is 5.11 Å². The molecule has 2 atom stereocenters. The van der Waals surface area contributed by atoms with Crippen molar-refractivity contribution in [2.24, 2.45) is 5.73 Å². The van der Waals surface area contributed by atoms with Gasteiger partial charge in [0.05, 0.1) is 5.02 Å². The Kier molecular flexibility index (Phi) is 3.50. The lowest BCUT2D eigenvalue weighted by Crippen LogP contribution is -2.24. The predicted octanol–water partition coefficient (Wildman–Crippen LogP) is 4.22. The van der Waals surface area contributed by atoms with Crippen molar-refractivity contribution in [1.82, 2.24) is 0 Å². The van der Waals surface area contributed by atoms with Crippen LogP contribution in [0.3, 0.4) is 0 Å². The Morgan fingerprint density at radius 2 is 1.95 bits per heavy atom. The lowest BCUT2D eigenvalue weighted by molar-refractivity contribution is 0.161. The minimum atomic E-state index is -0.184. The van der Waals surface area contributed by atoms with Crippen molar-refractivity contribution in [2.45, 2.75) is 18.6 Å². The number of hydrogen-bond acceptors (Lipinski definition) is 3. The van der Waals surface area contributed by atoms with Crippen LogP contribution in [-0.4, -0.2) is 5.11 Å². The van der Waals surface area contributed by atoms with Gasteiger partial charge in [0.2, 0.25) is 0 Å². The van der Waals surface area contributed by atoms with Gasteiger partial charge in [-0.15, -0.1) is 0 Å². The average molecular weight is 310 g/mol. The van der Waals surface area contributed by atoms with Gasteiger partial charge >= 0.3 is 0 Å². The fraction of sp³-hybridized carbons (Fsp3) is 0.200. The first-order valence-electron chi connectivity index (χ1n) is 6.24. The van der Waals surface area contributed by atoms with Crippen LogP contribution in [0.5, 0.6) is 11.5 Å². The van der Waals surface area contributed by atoms with Crippen LogP contribution in [0.15, 0.2) is 36.4 Å². The third-order valence-corrected chi connectivity index (χ3v) is 3.99.